The Morgan fingerprint density at radius 2 is 2.13 bits per heavy atom. The van der Waals surface area contributed by atoms with Crippen molar-refractivity contribution in [1.29, 1.82) is 0 Å². The van der Waals surface area contributed by atoms with Gasteiger partial charge in [0.25, 0.3) is 5.56 Å². The van der Waals surface area contributed by atoms with Crippen LogP contribution in [0.5, 0.6) is 0 Å². The molecule has 0 unspecified atom stereocenters. The van der Waals surface area contributed by atoms with E-state index in [1.54, 1.807) is 4.57 Å². The first kappa shape index (κ1) is 17.1. The highest BCUT2D eigenvalue weighted by Gasteiger charge is 2.10. The summed E-state index contributed by atoms with van der Waals surface area (Å²) in [6, 6.07) is 0. The molecular weight excluding hydrogens is 302 g/mol. The second-order valence-corrected chi connectivity index (χ2v) is 4.92. The molecule has 9 heteroatoms. The molecule has 9 nitrogen and oxygen atoms in total. The lowest BCUT2D eigenvalue weighted by atomic mass is 10.3. The standard InChI is InChI=1S/C14H21N5O4/c1-2-3-4-5-22-6-7-23-10-19-8-15-11-12(19)17-14(16-9-20)18-13(11)21/h8-9H,2-7,10H2,1H3,(H2,16,17,18,20,21). The number of ether oxygens (including phenoxy) is 2. The van der Waals surface area contributed by atoms with Crippen LogP contribution in [-0.2, 0) is 21.0 Å². The number of H-pyrrole nitrogens is 1. The van der Waals surface area contributed by atoms with E-state index in [0.29, 0.717) is 25.3 Å². The number of anilines is 1. The number of unbranched alkanes of at least 4 members (excludes halogenated alkanes) is 2. The van der Waals surface area contributed by atoms with Gasteiger partial charge in [-0.25, -0.2) is 4.98 Å². The van der Waals surface area contributed by atoms with Gasteiger partial charge < -0.3 is 9.47 Å². The van der Waals surface area contributed by atoms with Gasteiger partial charge in [-0.05, 0) is 6.42 Å². The van der Waals surface area contributed by atoms with Crippen LogP contribution in [0.3, 0.4) is 0 Å². The van der Waals surface area contributed by atoms with Gasteiger partial charge in [0, 0.05) is 6.61 Å². The van der Waals surface area contributed by atoms with Crippen molar-refractivity contribution in [3.8, 4) is 0 Å². The Labute approximate surface area is 133 Å². The van der Waals surface area contributed by atoms with Crippen molar-refractivity contribution in [3.63, 3.8) is 0 Å². The molecule has 2 rings (SSSR count). The van der Waals surface area contributed by atoms with E-state index in [1.165, 1.54) is 19.2 Å². The lowest BCUT2D eigenvalue weighted by Crippen LogP contribution is -2.14. The summed E-state index contributed by atoms with van der Waals surface area (Å²) in [6.07, 6.45) is 5.30. The van der Waals surface area contributed by atoms with Crippen molar-refractivity contribution < 1.29 is 14.3 Å². The van der Waals surface area contributed by atoms with Gasteiger partial charge in [0.15, 0.2) is 11.2 Å². The highest BCUT2D eigenvalue weighted by Crippen LogP contribution is 2.07. The molecule has 0 aliphatic rings. The normalized spacial score (nSPS) is 11.0. The maximum atomic E-state index is 11.8. The number of nitrogens with one attached hydrogen (secondary N) is 2. The molecule has 1 amide bonds. The minimum atomic E-state index is -0.419. The molecular formula is C14H21N5O4. The first-order chi connectivity index (χ1) is 11.3. The topological polar surface area (TPSA) is 111 Å². The largest absolute Gasteiger partial charge is 0.379 e. The summed E-state index contributed by atoms with van der Waals surface area (Å²) in [4.78, 5) is 32.8. The SMILES string of the molecule is CCCCCOCCOCn1cnc2c(=O)[nH]c(NC=O)nc21. The second-order valence-electron chi connectivity index (χ2n) is 4.92. The van der Waals surface area contributed by atoms with Crippen LogP contribution in [0.15, 0.2) is 11.1 Å². The van der Waals surface area contributed by atoms with Crippen LogP contribution in [0.1, 0.15) is 26.2 Å². The van der Waals surface area contributed by atoms with Crippen LogP contribution in [0.2, 0.25) is 0 Å². The molecule has 126 valence electrons. The van der Waals surface area contributed by atoms with Gasteiger partial charge in [-0.2, -0.15) is 4.98 Å². The van der Waals surface area contributed by atoms with Crippen molar-refractivity contribution in [2.24, 2.45) is 0 Å². The maximum absolute atomic E-state index is 11.8. The van der Waals surface area contributed by atoms with Crippen LogP contribution >= 0.6 is 0 Å². The van der Waals surface area contributed by atoms with Crippen LogP contribution in [0.25, 0.3) is 11.2 Å². The molecule has 2 heterocycles. The number of fused-ring (bicyclic) bond motifs is 1. The van der Waals surface area contributed by atoms with E-state index < -0.39 is 5.56 Å². The lowest BCUT2D eigenvalue weighted by Gasteiger charge is -2.07. The minimum Gasteiger partial charge on any atom is -0.379 e. The van der Waals surface area contributed by atoms with E-state index in [1.807, 2.05) is 0 Å². The zero-order valence-corrected chi connectivity index (χ0v) is 13.1. The summed E-state index contributed by atoms with van der Waals surface area (Å²) >= 11 is 0. The van der Waals surface area contributed by atoms with Crippen LogP contribution in [0.4, 0.5) is 5.95 Å². The van der Waals surface area contributed by atoms with E-state index in [0.717, 1.165) is 13.0 Å². The molecule has 0 bridgehead atoms. The second kappa shape index (κ2) is 9.01. The molecule has 0 saturated heterocycles. The van der Waals surface area contributed by atoms with E-state index in [9.17, 15) is 9.59 Å². The summed E-state index contributed by atoms with van der Waals surface area (Å²) in [5.74, 6) is 0.0681. The van der Waals surface area contributed by atoms with Crippen LogP contribution < -0.4 is 10.9 Å². The Balaban J connectivity index is 1.86. The summed E-state index contributed by atoms with van der Waals surface area (Å²) in [5, 5.41) is 2.31. The number of aromatic amines is 1. The fraction of sp³-hybridized carbons (Fsp3) is 0.571. The van der Waals surface area contributed by atoms with Gasteiger partial charge in [-0.1, -0.05) is 19.8 Å². The fourth-order valence-electron chi connectivity index (χ4n) is 2.01. The Bertz CT molecular complexity index is 681. The maximum Gasteiger partial charge on any atom is 0.280 e. The van der Waals surface area contributed by atoms with Crippen molar-refractivity contribution in [3.05, 3.63) is 16.7 Å². The quantitative estimate of drug-likeness (QED) is 0.469. The molecule has 2 aromatic rings. The molecule has 0 aliphatic carbocycles. The minimum absolute atomic E-state index is 0.0681. The van der Waals surface area contributed by atoms with Crippen molar-refractivity contribution in [1.82, 2.24) is 19.5 Å². The first-order valence-electron chi connectivity index (χ1n) is 7.57. The van der Waals surface area contributed by atoms with Crippen LogP contribution in [-0.4, -0.2) is 45.7 Å². The smallest absolute Gasteiger partial charge is 0.280 e. The molecule has 0 aliphatic heterocycles. The molecule has 2 N–H and O–H groups in total. The van der Waals surface area contributed by atoms with Crippen LogP contribution in [0, 0.1) is 0 Å². The molecule has 0 radical (unpaired) electrons. The summed E-state index contributed by atoms with van der Waals surface area (Å²) in [6.45, 7) is 4.04. The number of hydrogen-bond acceptors (Lipinski definition) is 6. The highest BCUT2D eigenvalue weighted by molar-refractivity contribution is 5.74. The average Bonchev–Trinajstić information content (AvgIpc) is 2.94. The van der Waals surface area contributed by atoms with Crippen molar-refractivity contribution >= 4 is 23.5 Å². The predicted molar refractivity (Wildman–Crippen MR) is 84.1 cm³/mol. The van der Waals surface area contributed by atoms with Gasteiger partial charge in [0.05, 0.1) is 19.5 Å². The van der Waals surface area contributed by atoms with Gasteiger partial charge in [0.1, 0.15) is 6.73 Å². The monoisotopic (exact) mass is 323 g/mol. The first-order valence-corrected chi connectivity index (χ1v) is 7.57. The Morgan fingerprint density at radius 3 is 2.91 bits per heavy atom. The zero-order chi connectivity index (χ0) is 16.5. The van der Waals surface area contributed by atoms with Gasteiger partial charge >= 0.3 is 0 Å². The van der Waals surface area contributed by atoms with Crippen molar-refractivity contribution in [2.45, 2.75) is 32.9 Å². The Hall–Kier alpha value is -2.26. The number of amides is 1. The lowest BCUT2D eigenvalue weighted by molar-refractivity contribution is -0.105. The Morgan fingerprint density at radius 1 is 1.30 bits per heavy atom. The molecule has 0 atom stereocenters. The summed E-state index contributed by atoms with van der Waals surface area (Å²) in [5.41, 5.74) is 0.125. The predicted octanol–water partition coefficient (Wildman–Crippen LogP) is 0.869. The third-order valence-corrected chi connectivity index (χ3v) is 3.17. The fourth-order valence-corrected chi connectivity index (χ4v) is 2.01. The molecule has 0 fully saturated rings. The van der Waals surface area contributed by atoms with Gasteiger partial charge in [-0.3, -0.25) is 24.5 Å². The van der Waals surface area contributed by atoms with Gasteiger partial charge in [0.2, 0.25) is 12.4 Å². The van der Waals surface area contributed by atoms with E-state index in [4.69, 9.17) is 9.47 Å². The highest BCUT2D eigenvalue weighted by atomic mass is 16.5. The van der Waals surface area contributed by atoms with E-state index in [-0.39, 0.29) is 18.2 Å². The van der Waals surface area contributed by atoms with Crippen molar-refractivity contribution in [2.75, 3.05) is 25.1 Å². The number of nitrogens with zero attached hydrogens (tertiary/aromatic N) is 3. The molecule has 2 aromatic heterocycles. The van der Waals surface area contributed by atoms with E-state index >= 15 is 0 Å². The third kappa shape index (κ3) is 4.86. The van der Waals surface area contributed by atoms with Gasteiger partial charge in [-0.15, -0.1) is 0 Å². The van der Waals surface area contributed by atoms with E-state index in [2.05, 4.69) is 27.2 Å². The molecule has 0 saturated carbocycles. The summed E-state index contributed by atoms with van der Waals surface area (Å²) in [7, 11) is 0. The number of hydrogen-bond donors (Lipinski definition) is 2. The Kier molecular flexibility index (Phi) is 6.70. The zero-order valence-electron chi connectivity index (χ0n) is 13.1. The number of rotatable bonds is 11. The molecule has 0 aromatic carbocycles. The molecule has 0 spiro atoms. The number of imidazole rings is 1. The molecule has 23 heavy (non-hydrogen) atoms. The third-order valence-electron chi connectivity index (χ3n) is 3.17. The summed E-state index contributed by atoms with van der Waals surface area (Å²) < 4.78 is 12.5. The average molecular weight is 323 g/mol. The number of carbonyl (C=O) groups excluding carboxylic acids is 1. The number of carbonyl (C=O) groups is 1. The number of aromatic nitrogens is 4.